The standard InChI is InChI=1S/C55H74N16O14/c1-29(2)19-39(49(80)66-37(9-5-17-59-55(57)58)54(85)71-18-6-10-43(71)52(83)62-25-46(76)77)65-45(75)24-61-48(79)40(20-30-11-13-33(73)14-12-30)68-51(82)42(27-72)69-50(81)41(21-31-23-60-36-8-4-3-7-34(31)36)67-47(78)35(56)22-32-26-70(28-63-32)53(84)38-15-16-44(74)64-38/h3-4,7-8,11-14,23,26,28-29,35,37-43,60,72-73H,5-6,9-10,15-22,24-25,27,56H2,1-2H3,(H,61,79)(H,62,83)(H,64,74)(H,65,75)(H,66,80)(H,67,78)(H,68,82)(H,69,81)(H,76,77)(H4,57,58,59)/t35-,37-,38-,39-,40-,41-,42-,43-/m0/s1. The van der Waals surface area contributed by atoms with Gasteiger partial charge >= 0.3 is 5.97 Å². The first-order chi connectivity index (χ1) is 40.5. The number of amides is 9. The number of carbonyl (C=O) groups excluding carboxylic acids is 10. The zero-order valence-corrected chi connectivity index (χ0v) is 47.0. The molecule has 2 aliphatic heterocycles. The van der Waals surface area contributed by atoms with Crippen molar-refractivity contribution in [3.8, 4) is 5.75 Å². The van der Waals surface area contributed by atoms with Crippen LogP contribution in [0.15, 0.2) is 72.2 Å². The molecule has 9 amide bonds. The number of carbonyl (C=O) groups is 11. The summed E-state index contributed by atoms with van der Waals surface area (Å²) in [7, 11) is 0. The lowest BCUT2D eigenvalue weighted by Crippen LogP contribution is -2.60. The SMILES string of the molecule is CC(C)C[C@H](NC(=O)CNC(=O)[C@H](Cc1ccc(O)cc1)NC(=O)[C@H](CO)NC(=O)[C@H](Cc1c[nH]c2ccccc12)NC(=O)[C@@H](N)Cc1cn(C(=O)[C@@H]2CCC(=O)N2)cn1)C(=O)N[C@@H](CCCN=C(N)N)C(=O)N1CCC[C@H]1C(=O)NCC(=O)O. The van der Waals surface area contributed by atoms with Crippen LogP contribution < -0.4 is 59.7 Å². The molecule has 458 valence electrons. The molecule has 6 rings (SSSR count). The molecule has 0 saturated carbocycles. The van der Waals surface area contributed by atoms with Gasteiger partial charge in [-0.05, 0) is 73.8 Å². The molecule has 2 aliphatic rings. The summed E-state index contributed by atoms with van der Waals surface area (Å²) in [5, 5.41) is 50.6. The van der Waals surface area contributed by atoms with Crippen molar-refractivity contribution < 1.29 is 68.1 Å². The lowest BCUT2D eigenvalue weighted by atomic mass is 10.0. The minimum absolute atomic E-state index is 0.00276. The van der Waals surface area contributed by atoms with Crippen molar-refractivity contribution in [2.24, 2.45) is 28.1 Å². The Kier molecular flexibility index (Phi) is 23.4. The molecule has 0 unspecified atom stereocenters. The second kappa shape index (κ2) is 30.7. The van der Waals surface area contributed by atoms with E-state index in [1.54, 1.807) is 44.3 Å². The number of aromatic hydroxyl groups is 1. The van der Waals surface area contributed by atoms with Crippen LogP contribution in [0.25, 0.3) is 10.9 Å². The predicted molar refractivity (Wildman–Crippen MR) is 304 cm³/mol. The number of carboxylic acid groups (broad SMARTS) is 1. The zero-order valence-electron chi connectivity index (χ0n) is 47.0. The van der Waals surface area contributed by atoms with Gasteiger partial charge in [-0.3, -0.25) is 62.3 Å². The number of para-hydroxylation sites is 1. The lowest BCUT2D eigenvalue weighted by Gasteiger charge is -2.30. The number of aliphatic imine (C=N–C) groups is 1. The third-order valence-corrected chi connectivity index (χ3v) is 14.1. The quantitative estimate of drug-likeness (QED) is 0.0135. The van der Waals surface area contributed by atoms with Crippen LogP contribution in [0.4, 0.5) is 0 Å². The van der Waals surface area contributed by atoms with Crippen LogP contribution in [0, 0.1) is 5.92 Å². The van der Waals surface area contributed by atoms with Crippen molar-refractivity contribution in [1.29, 1.82) is 0 Å². The molecule has 85 heavy (non-hydrogen) atoms. The molecule has 2 aromatic carbocycles. The van der Waals surface area contributed by atoms with Crippen molar-refractivity contribution in [2.45, 2.75) is 126 Å². The Morgan fingerprint density at radius 3 is 2.14 bits per heavy atom. The van der Waals surface area contributed by atoms with Crippen LogP contribution in [0.1, 0.15) is 80.4 Å². The Morgan fingerprint density at radius 2 is 1.46 bits per heavy atom. The Hall–Kier alpha value is -9.45. The fourth-order valence-corrected chi connectivity index (χ4v) is 9.77. The normalized spacial score (nSPS) is 16.8. The summed E-state index contributed by atoms with van der Waals surface area (Å²) in [6.45, 7) is 1.35. The van der Waals surface area contributed by atoms with Gasteiger partial charge in [0.05, 0.1) is 24.9 Å². The Labute approximate surface area is 487 Å². The van der Waals surface area contributed by atoms with Crippen molar-refractivity contribution >= 4 is 81.9 Å². The maximum Gasteiger partial charge on any atom is 0.322 e. The van der Waals surface area contributed by atoms with Crippen LogP contribution in [0.5, 0.6) is 5.75 Å². The van der Waals surface area contributed by atoms with Crippen LogP contribution >= 0.6 is 0 Å². The molecule has 4 aromatic rings. The molecular formula is C55H74N16O14. The monoisotopic (exact) mass is 1180 g/mol. The summed E-state index contributed by atoms with van der Waals surface area (Å²) in [5.41, 5.74) is 19.3. The molecule has 4 heterocycles. The number of aromatic amines is 1. The number of fused-ring (bicyclic) bond motifs is 1. The minimum atomic E-state index is -1.74. The Bertz CT molecular complexity index is 3100. The van der Waals surface area contributed by atoms with Gasteiger partial charge in [0.1, 0.15) is 60.9 Å². The van der Waals surface area contributed by atoms with Gasteiger partial charge in [0, 0.05) is 62.1 Å². The number of imidazole rings is 1. The largest absolute Gasteiger partial charge is 0.508 e. The van der Waals surface area contributed by atoms with E-state index in [1.807, 2.05) is 0 Å². The number of likely N-dealkylation sites (tertiary alicyclic amines) is 1. The summed E-state index contributed by atoms with van der Waals surface area (Å²) in [6, 6.07) is 2.50. The van der Waals surface area contributed by atoms with Gasteiger partial charge < -0.3 is 84.9 Å². The van der Waals surface area contributed by atoms with E-state index >= 15 is 0 Å². The number of hydrogen-bond donors (Lipinski definition) is 15. The minimum Gasteiger partial charge on any atom is -0.508 e. The van der Waals surface area contributed by atoms with Gasteiger partial charge in [0.15, 0.2) is 5.96 Å². The number of nitrogens with zero attached hydrogens (tertiary/aromatic N) is 4. The van der Waals surface area contributed by atoms with Crippen LogP contribution in [0.2, 0.25) is 0 Å². The third kappa shape index (κ3) is 19.0. The van der Waals surface area contributed by atoms with Gasteiger partial charge in [0.25, 0.3) is 5.91 Å². The number of nitrogens with two attached hydrogens (primary N) is 3. The molecular weight excluding hydrogens is 1110 g/mol. The highest BCUT2D eigenvalue weighted by Gasteiger charge is 2.39. The smallest absolute Gasteiger partial charge is 0.322 e. The number of aliphatic hydroxyl groups is 1. The van der Waals surface area contributed by atoms with Crippen LogP contribution in [0.3, 0.4) is 0 Å². The number of benzene rings is 2. The molecule has 0 bridgehead atoms. The fraction of sp³-hybridized carbons (Fsp3) is 0.473. The topological polar surface area (TPSA) is 472 Å². The summed E-state index contributed by atoms with van der Waals surface area (Å²) in [4.78, 5) is 159. The first-order valence-corrected chi connectivity index (χ1v) is 27.7. The lowest BCUT2D eigenvalue weighted by molar-refractivity contribution is -0.143. The molecule has 2 fully saturated rings. The Morgan fingerprint density at radius 1 is 0.788 bits per heavy atom. The van der Waals surface area contributed by atoms with Crippen LogP contribution in [-0.4, -0.2) is 187 Å². The highest BCUT2D eigenvalue weighted by Crippen LogP contribution is 2.22. The Balaban J connectivity index is 1.13. The van der Waals surface area contributed by atoms with Gasteiger partial charge in [-0.15, -0.1) is 0 Å². The summed E-state index contributed by atoms with van der Waals surface area (Å²) >= 11 is 0. The third-order valence-electron chi connectivity index (χ3n) is 14.1. The number of guanidine groups is 1. The van der Waals surface area contributed by atoms with Gasteiger partial charge in [0.2, 0.25) is 53.2 Å². The number of phenols is 1. The van der Waals surface area contributed by atoms with Crippen molar-refractivity contribution in [2.75, 3.05) is 32.8 Å². The molecule has 0 spiro atoms. The second-order valence-corrected chi connectivity index (χ2v) is 21.2. The summed E-state index contributed by atoms with van der Waals surface area (Å²) in [5.74, 6) is -9.20. The van der Waals surface area contributed by atoms with E-state index in [-0.39, 0.29) is 93.7 Å². The van der Waals surface area contributed by atoms with E-state index in [0.29, 0.717) is 29.4 Å². The second-order valence-electron chi connectivity index (χ2n) is 21.2. The van der Waals surface area contributed by atoms with Gasteiger partial charge in [-0.1, -0.05) is 44.2 Å². The predicted octanol–water partition coefficient (Wildman–Crippen LogP) is -3.83. The number of rotatable bonds is 30. The number of aliphatic carboxylic acids is 1. The average Bonchev–Trinajstić information content (AvgIpc) is 4.44. The first kappa shape index (κ1) is 64.7. The molecule has 30 heteroatoms. The molecule has 0 aliphatic carbocycles. The molecule has 30 nitrogen and oxygen atoms in total. The van der Waals surface area contributed by atoms with E-state index in [2.05, 4.69) is 57.5 Å². The number of H-pyrrole nitrogens is 1. The maximum atomic E-state index is 14.3. The van der Waals surface area contributed by atoms with E-state index in [1.165, 1.54) is 46.3 Å². The van der Waals surface area contributed by atoms with E-state index in [9.17, 15) is 63.0 Å². The molecule has 0 radical (unpaired) electrons. The molecule has 18 N–H and O–H groups in total. The van der Waals surface area contributed by atoms with E-state index in [0.717, 1.165) is 5.52 Å². The number of phenolic OH excluding ortho intramolecular Hbond substituents is 1. The summed E-state index contributed by atoms with van der Waals surface area (Å²) in [6.07, 6.45) is 5.10. The van der Waals surface area contributed by atoms with E-state index in [4.69, 9.17) is 22.3 Å². The summed E-state index contributed by atoms with van der Waals surface area (Å²) < 4.78 is 1.18. The van der Waals surface area contributed by atoms with Crippen molar-refractivity contribution in [3.63, 3.8) is 0 Å². The first-order valence-electron chi connectivity index (χ1n) is 27.7. The number of carboxylic acids is 1. The highest BCUT2D eigenvalue weighted by molar-refractivity contribution is 5.98. The van der Waals surface area contributed by atoms with Crippen molar-refractivity contribution in [3.05, 3.63) is 84.1 Å². The number of hydrogen-bond acceptors (Lipinski definition) is 16. The average molecular weight is 1180 g/mol. The van der Waals surface area contributed by atoms with Crippen molar-refractivity contribution in [1.82, 2.24) is 62.0 Å². The molecule has 8 atom stereocenters. The number of nitrogens with one attached hydrogen (secondary N) is 9. The zero-order chi connectivity index (χ0) is 61.9. The van der Waals surface area contributed by atoms with Gasteiger partial charge in [-0.25, -0.2) is 4.98 Å². The number of aromatic nitrogens is 3. The highest BCUT2D eigenvalue weighted by atomic mass is 16.4. The van der Waals surface area contributed by atoms with Gasteiger partial charge in [-0.2, -0.15) is 0 Å². The molecule has 2 aromatic heterocycles. The molecule has 2 saturated heterocycles. The fourth-order valence-electron chi connectivity index (χ4n) is 9.77. The number of aliphatic hydroxyl groups excluding tert-OH is 1. The van der Waals surface area contributed by atoms with Crippen LogP contribution in [-0.2, 0) is 67.2 Å². The van der Waals surface area contributed by atoms with E-state index < -0.39 is 127 Å². The maximum absolute atomic E-state index is 14.3.